The highest BCUT2D eigenvalue weighted by molar-refractivity contribution is 7.86. The first kappa shape index (κ1) is 24.3. The van der Waals surface area contributed by atoms with Crippen LogP contribution < -0.4 is 5.32 Å². The zero-order valence-electron chi connectivity index (χ0n) is 16.5. The van der Waals surface area contributed by atoms with Crippen LogP contribution in [-0.4, -0.2) is 49.6 Å². The molecule has 0 aromatic rings. The third-order valence-electron chi connectivity index (χ3n) is 3.34. The van der Waals surface area contributed by atoms with E-state index in [4.69, 9.17) is 8.92 Å². The predicted octanol–water partition coefficient (Wildman–Crippen LogP) is 1.35. The molecule has 1 amide bonds. The summed E-state index contributed by atoms with van der Waals surface area (Å²) in [6.45, 7) is 12.9. The van der Waals surface area contributed by atoms with Crippen molar-refractivity contribution >= 4 is 27.8 Å². The van der Waals surface area contributed by atoms with Crippen LogP contribution in [0.4, 0.5) is 0 Å². The molecule has 26 heavy (non-hydrogen) atoms. The lowest BCUT2D eigenvalue weighted by molar-refractivity contribution is -0.170. The number of hydrogen-bond donors (Lipinski definition) is 1. The highest BCUT2D eigenvalue weighted by Gasteiger charge is 2.44. The molecule has 0 aromatic heterocycles. The lowest BCUT2D eigenvalue weighted by Crippen LogP contribution is -2.49. The van der Waals surface area contributed by atoms with Crippen LogP contribution in [0.5, 0.6) is 0 Å². The van der Waals surface area contributed by atoms with Gasteiger partial charge in [0.1, 0.15) is 16.8 Å². The van der Waals surface area contributed by atoms with Crippen LogP contribution in [0.2, 0.25) is 0 Å². The normalized spacial score (nSPS) is 14.9. The Hall–Kier alpha value is -1.74. The highest BCUT2D eigenvalue weighted by atomic mass is 32.2. The van der Waals surface area contributed by atoms with Gasteiger partial charge in [-0.25, -0.2) is 0 Å². The Morgan fingerprint density at radius 3 is 1.96 bits per heavy atom. The Morgan fingerprint density at radius 1 is 1.08 bits per heavy atom. The number of carbonyl (C=O) groups excluding carboxylic acids is 3. The van der Waals surface area contributed by atoms with Gasteiger partial charge < -0.3 is 10.1 Å². The molecule has 0 fully saturated rings. The summed E-state index contributed by atoms with van der Waals surface area (Å²) in [6.07, 6.45) is 1.02. The zero-order valence-corrected chi connectivity index (χ0v) is 17.3. The molecule has 1 atom stereocenters. The van der Waals surface area contributed by atoms with E-state index in [9.17, 15) is 22.8 Å². The number of rotatable bonds is 9. The summed E-state index contributed by atoms with van der Waals surface area (Å²) in [7, 11) is -4.15. The molecule has 0 aliphatic carbocycles. The number of nitrogens with one attached hydrogen (secondary N) is 1. The minimum atomic E-state index is -4.15. The number of esters is 1. The third kappa shape index (κ3) is 8.09. The van der Waals surface area contributed by atoms with Gasteiger partial charge in [-0.3, -0.25) is 18.6 Å². The maximum absolute atomic E-state index is 12.3. The molecule has 0 saturated carbocycles. The van der Waals surface area contributed by atoms with Gasteiger partial charge in [-0.1, -0.05) is 6.58 Å². The fourth-order valence-corrected chi connectivity index (χ4v) is 3.26. The molecule has 0 bridgehead atoms. The van der Waals surface area contributed by atoms with E-state index < -0.39 is 56.7 Å². The van der Waals surface area contributed by atoms with Gasteiger partial charge in [-0.15, -0.1) is 0 Å². The van der Waals surface area contributed by atoms with E-state index in [-0.39, 0.29) is 0 Å². The second-order valence-electron chi connectivity index (χ2n) is 7.93. The van der Waals surface area contributed by atoms with E-state index >= 15 is 0 Å². The summed E-state index contributed by atoms with van der Waals surface area (Å²) in [5.74, 6) is -2.54. The number of hydrogen-bond acceptors (Lipinski definition) is 7. The average Bonchev–Trinajstić information content (AvgIpc) is 2.40. The maximum Gasteiger partial charge on any atom is 0.322 e. The quantitative estimate of drug-likeness (QED) is 0.273. The van der Waals surface area contributed by atoms with Gasteiger partial charge in [0.25, 0.3) is 10.1 Å². The van der Waals surface area contributed by atoms with Gasteiger partial charge in [-0.2, -0.15) is 8.42 Å². The standard InChI is InChI=1S/C17H29NO7S/c1-9-13(20)18-16(6,7)11-26(22,23)24-10-17(8,12(2)19)14(21)25-15(3,4)5/h9H,1,10-11H2,2-8H3,(H,18,20). The van der Waals surface area contributed by atoms with E-state index in [1.807, 2.05) is 0 Å². The summed E-state index contributed by atoms with van der Waals surface area (Å²) < 4.78 is 34.6. The molecule has 0 saturated heterocycles. The summed E-state index contributed by atoms with van der Waals surface area (Å²) in [6, 6.07) is 0. The van der Waals surface area contributed by atoms with Crippen LogP contribution >= 0.6 is 0 Å². The van der Waals surface area contributed by atoms with Gasteiger partial charge in [0.2, 0.25) is 5.91 Å². The number of ether oxygens (including phenoxy) is 1. The summed E-state index contributed by atoms with van der Waals surface area (Å²) in [5.41, 5.74) is -3.75. The second kappa shape index (κ2) is 8.30. The molecule has 0 aromatic carbocycles. The summed E-state index contributed by atoms with van der Waals surface area (Å²) >= 11 is 0. The Kier molecular flexibility index (Phi) is 7.75. The molecule has 0 spiro atoms. The molecule has 0 heterocycles. The summed E-state index contributed by atoms with van der Waals surface area (Å²) in [5, 5.41) is 2.46. The Labute approximate surface area is 155 Å². The van der Waals surface area contributed by atoms with Crippen molar-refractivity contribution in [2.24, 2.45) is 5.41 Å². The topological polar surface area (TPSA) is 116 Å². The third-order valence-corrected chi connectivity index (χ3v) is 4.89. The lowest BCUT2D eigenvalue weighted by atomic mass is 9.87. The maximum atomic E-state index is 12.3. The Balaban J connectivity index is 5.24. The first-order chi connectivity index (χ1) is 11.4. The fourth-order valence-electron chi connectivity index (χ4n) is 1.81. The minimum absolute atomic E-state index is 0.535. The van der Waals surface area contributed by atoms with Crippen molar-refractivity contribution in [3.05, 3.63) is 12.7 Å². The van der Waals surface area contributed by atoms with Crippen molar-refractivity contribution in [2.75, 3.05) is 12.4 Å². The van der Waals surface area contributed by atoms with Crippen molar-refractivity contribution in [1.82, 2.24) is 5.32 Å². The van der Waals surface area contributed by atoms with Gasteiger partial charge >= 0.3 is 5.97 Å². The molecule has 0 aliphatic rings. The Morgan fingerprint density at radius 2 is 1.58 bits per heavy atom. The molecular weight excluding hydrogens is 362 g/mol. The van der Waals surface area contributed by atoms with Crippen LogP contribution in [0.15, 0.2) is 12.7 Å². The predicted molar refractivity (Wildman–Crippen MR) is 96.8 cm³/mol. The van der Waals surface area contributed by atoms with Crippen molar-refractivity contribution in [2.45, 2.75) is 59.6 Å². The van der Waals surface area contributed by atoms with Crippen molar-refractivity contribution in [1.29, 1.82) is 0 Å². The SMILES string of the molecule is C=CC(=O)NC(C)(C)CS(=O)(=O)OCC(C)(C(C)=O)C(=O)OC(C)(C)C. The highest BCUT2D eigenvalue weighted by Crippen LogP contribution is 2.25. The number of carbonyl (C=O) groups is 3. The molecule has 0 rings (SSSR count). The van der Waals surface area contributed by atoms with Gasteiger partial charge in [0.15, 0.2) is 0 Å². The van der Waals surface area contributed by atoms with Gasteiger partial charge in [0.05, 0.1) is 17.9 Å². The van der Waals surface area contributed by atoms with Gasteiger partial charge in [0, 0.05) is 0 Å². The minimum Gasteiger partial charge on any atom is -0.459 e. The number of Topliss-reactive ketones (excluding diaryl/α,β-unsaturated/α-hetero) is 1. The van der Waals surface area contributed by atoms with Crippen LogP contribution in [-0.2, 0) is 33.4 Å². The largest absolute Gasteiger partial charge is 0.459 e. The molecule has 150 valence electrons. The van der Waals surface area contributed by atoms with Crippen molar-refractivity contribution in [3.63, 3.8) is 0 Å². The molecule has 1 unspecified atom stereocenters. The van der Waals surface area contributed by atoms with Crippen molar-refractivity contribution in [3.8, 4) is 0 Å². The molecule has 1 N–H and O–H groups in total. The molecule has 0 aliphatic heterocycles. The smallest absolute Gasteiger partial charge is 0.322 e. The molecule has 0 radical (unpaired) electrons. The molecule has 8 nitrogen and oxygen atoms in total. The van der Waals surface area contributed by atoms with Gasteiger partial charge in [-0.05, 0) is 54.5 Å². The van der Waals surface area contributed by atoms with E-state index in [0.29, 0.717) is 0 Å². The van der Waals surface area contributed by atoms with E-state index in [1.165, 1.54) is 20.8 Å². The summed E-state index contributed by atoms with van der Waals surface area (Å²) in [4.78, 5) is 35.6. The number of ketones is 1. The number of amides is 1. The monoisotopic (exact) mass is 391 g/mol. The van der Waals surface area contributed by atoms with Crippen molar-refractivity contribution < 1.29 is 31.7 Å². The van der Waals surface area contributed by atoms with E-state index in [1.54, 1.807) is 20.8 Å². The first-order valence-corrected chi connectivity index (χ1v) is 9.58. The lowest BCUT2D eigenvalue weighted by Gasteiger charge is -2.30. The van der Waals surface area contributed by atoms with E-state index in [2.05, 4.69) is 11.9 Å². The molecule has 9 heteroatoms. The second-order valence-corrected chi connectivity index (χ2v) is 9.57. The fraction of sp³-hybridized carbons (Fsp3) is 0.706. The van der Waals surface area contributed by atoms with Crippen LogP contribution in [0.25, 0.3) is 0 Å². The van der Waals surface area contributed by atoms with Crippen LogP contribution in [0.3, 0.4) is 0 Å². The first-order valence-electron chi connectivity index (χ1n) is 8.00. The zero-order chi connectivity index (χ0) is 21.0. The molecular formula is C17H29NO7S. The Bertz CT molecular complexity index is 674. The van der Waals surface area contributed by atoms with Crippen LogP contribution in [0, 0.1) is 5.41 Å². The van der Waals surface area contributed by atoms with Crippen LogP contribution in [0.1, 0.15) is 48.5 Å². The van der Waals surface area contributed by atoms with E-state index in [0.717, 1.165) is 13.0 Å². The average molecular weight is 391 g/mol.